The minimum atomic E-state index is 0.814. The van der Waals surface area contributed by atoms with Gasteiger partial charge < -0.3 is 0 Å². The zero-order chi connectivity index (χ0) is 10.9. The highest BCUT2D eigenvalue weighted by molar-refractivity contribution is 9.09. The van der Waals surface area contributed by atoms with Crippen LogP contribution in [0.3, 0.4) is 0 Å². The summed E-state index contributed by atoms with van der Waals surface area (Å²) in [6, 6.07) is 0.814. The van der Waals surface area contributed by atoms with Gasteiger partial charge in [-0.25, -0.2) is 0 Å². The summed E-state index contributed by atoms with van der Waals surface area (Å²) >= 11 is 3.67. The molecular formula is C13H26BrN. The van der Waals surface area contributed by atoms with Crippen LogP contribution in [0, 0.1) is 0 Å². The molecule has 1 atom stereocenters. The fourth-order valence-electron chi connectivity index (χ4n) is 2.45. The molecule has 0 aromatic heterocycles. The second-order valence-electron chi connectivity index (χ2n) is 4.75. The average Bonchev–Trinajstić information content (AvgIpc) is 2.49. The SMILES string of the molecule is CCCCCCN1CCCCCC1CBr. The number of hydrogen-bond donors (Lipinski definition) is 0. The molecule has 0 N–H and O–H groups in total. The Morgan fingerprint density at radius 2 is 2.00 bits per heavy atom. The molecule has 2 heteroatoms. The summed E-state index contributed by atoms with van der Waals surface area (Å²) in [5.41, 5.74) is 0. The van der Waals surface area contributed by atoms with Crippen LogP contribution in [0.4, 0.5) is 0 Å². The fraction of sp³-hybridized carbons (Fsp3) is 1.00. The van der Waals surface area contributed by atoms with E-state index >= 15 is 0 Å². The Morgan fingerprint density at radius 1 is 1.13 bits per heavy atom. The van der Waals surface area contributed by atoms with Gasteiger partial charge in [0.2, 0.25) is 0 Å². The summed E-state index contributed by atoms with van der Waals surface area (Å²) in [7, 11) is 0. The van der Waals surface area contributed by atoms with Crippen molar-refractivity contribution in [2.24, 2.45) is 0 Å². The van der Waals surface area contributed by atoms with Gasteiger partial charge >= 0.3 is 0 Å². The molecule has 1 aliphatic rings. The highest BCUT2D eigenvalue weighted by Crippen LogP contribution is 2.19. The first-order valence-electron chi connectivity index (χ1n) is 6.68. The molecule has 15 heavy (non-hydrogen) atoms. The third-order valence-corrected chi connectivity index (χ3v) is 4.22. The maximum Gasteiger partial charge on any atom is 0.0192 e. The molecule has 1 unspecified atom stereocenters. The van der Waals surface area contributed by atoms with Gasteiger partial charge in [-0.1, -0.05) is 55.0 Å². The largest absolute Gasteiger partial charge is 0.300 e. The van der Waals surface area contributed by atoms with Crippen molar-refractivity contribution < 1.29 is 0 Å². The number of hydrogen-bond acceptors (Lipinski definition) is 1. The molecular weight excluding hydrogens is 250 g/mol. The smallest absolute Gasteiger partial charge is 0.0192 e. The Kier molecular flexibility index (Phi) is 7.72. The third kappa shape index (κ3) is 5.35. The standard InChI is InChI=1S/C13H26BrN/c1-2-3-4-7-10-15-11-8-5-6-9-13(15)12-14/h13H,2-12H2,1H3. The summed E-state index contributed by atoms with van der Waals surface area (Å²) in [5.74, 6) is 0. The highest BCUT2D eigenvalue weighted by Gasteiger charge is 2.18. The number of likely N-dealkylation sites (tertiary alicyclic amines) is 1. The predicted octanol–water partition coefficient (Wildman–Crippen LogP) is 4.21. The molecule has 1 fully saturated rings. The Bertz CT molecular complexity index is 149. The van der Waals surface area contributed by atoms with Crippen molar-refractivity contribution in [2.75, 3.05) is 18.4 Å². The number of unbranched alkanes of at least 4 members (excludes halogenated alkanes) is 3. The first-order chi connectivity index (χ1) is 7.38. The predicted molar refractivity (Wildman–Crippen MR) is 71.8 cm³/mol. The van der Waals surface area contributed by atoms with Gasteiger partial charge in [0, 0.05) is 11.4 Å². The van der Waals surface area contributed by atoms with Crippen LogP contribution in [0.5, 0.6) is 0 Å². The molecule has 1 heterocycles. The van der Waals surface area contributed by atoms with Crippen LogP contribution in [-0.4, -0.2) is 29.4 Å². The van der Waals surface area contributed by atoms with Gasteiger partial charge in [-0.3, -0.25) is 4.90 Å². The average molecular weight is 276 g/mol. The van der Waals surface area contributed by atoms with Crippen molar-refractivity contribution >= 4 is 15.9 Å². The monoisotopic (exact) mass is 275 g/mol. The zero-order valence-electron chi connectivity index (χ0n) is 10.2. The minimum Gasteiger partial charge on any atom is -0.300 e. The lowest BCUT2D eigenvalue weighted by atomic mass is 10.1. The summed E-state index contributed by atoms with van der Waals surface area (Å²) in [6.07, 6.45) is 11.3. The van der Waals surface area contributed by atoms with Crippen LogP contribution in [0.2, 0.25) is 0 Å². The van der Waals surface area contributed by atoms with Crippen LogP contribution in [0.25, 0.3) is 0 Å². The summed E-state index contributed by atoms with van der Waals surface area (Å²) in [6.45, 7) is 4.95. The minimum absolute atomic E-state index is 0.814. The van der Waals surface area contributed by atoms with E-state index in [0.29, 0.717) is 0 Å². The topological polar surface area (TPSA) is 3.24 Å². The van der Waals surface area contributed by atoms with E-state index in [-0.39, 0.29) is 0 Å². The van der Waals surface area contributed by atoms with Crippen molar-refractivity contribution in [3.8, 4) is 0 Å². The van der Waals surface area contributed by atoms with Crippen molar-refractivity contribution in [1.29, 1.82) is 0 Å². The molecule has 0 bridgehead atoms. The Labute approximate surface area is 104 Å². The van der Waals surface area contributed by atoms with E-state index in [1.165, 1.54) is 69.8 Å². The summed E-state index contributed by atoms with van der Waals surface area (Å²) in [4.78, 5) is 2.72. The molecule has 1 aliphatic heterocycles. The van der Waals surface area contributed by atoms with Crippen LogP contribution < -0.4 is 0 Å². The zero-order valence-corrected chi connectivity index (χ0v) is 11.8. The molecule has 0 radical (unpaired) electrons. The molecule has 0 aromatic rings. The van der Waals surface area contributed by atoms with E-state index in [1.807, 2.05) is 0 Å². The molecule has 0 spiro atoms. The van der Waals surface area contributed by atoms with E-state index in [9.17, 15) is 0 Å². The van der Waals surface area contributed by atoms with Crippen molar-refractivity contribution in [2.45, 2.75) is 64.3 Å². The summed E-state index contributed by atoms with van der Waals surface area (Å²) in [5, 5.41) is 1.17. The van der Waals surface area contributed by atoms with Crippen molar-refractivity contribution in [1.82, 2.24) is 4.90 Å². The van der Waals surface area contributed by atoms with E-state index in [4.69, 9.17) is 0 Å². The summed E-state index contributed by atoms with van der Waals surface area (Å²) < 4.78 is 0. The number of nitrogens with zero attached hydrogens (tertiary/aromatic N) is 1. The number of rotatable bonds is 6. The molecule has 1 saturated heterocycles. The van der Waals surface area contributed by atoms with Gasteiger partial charge in [-0.15, -0.1) is 0 Å². The second-order valence-corrected chi connectivity index (χ2v) is 5.40. The van der Waals surface area contributed by atoms with Crippen LogP contribution >= 0.6 is 15.9 Å². The third-order valence-electron chi connectivity index (χ3n) is 3.48. The fourth-order valence-corrected chi connectivity index (χ4v) is 3.18. The quantitative estimate of drug-likeness (QED) is 0.519. The lowest BCUT2D eigenvalue weighted by molar-refractivity contribution is 0.213. The lowest BCUT2D eigenvalue weighted by Crippen LogP contribution is -2.36. The van der Waals surface area contributed by atoms with Gasteiger partial charge in [0.1, 0.15) is 0 Å². The van der Waals surface area contributed by atoms with E-state index in [1.54, 1.807) is 0 Å². The molecule has 1 rings (SSSR count). The Hall–Kier alpha value is 0.440. The molecule has 90 valence electrons. The lowest BCUT2D eigenvalue weighted by Gasteiger charge is -2.28. The number of halogens is 1. The maximum atomic E-state index is 3.67. The van der Waals surface area contributed by atoms with E-state index < -0.39 is 0 Å². The van der Waals surface area contributed by atoms with Crippen molar-refractivity contribution in [3.63, 3.8) is 0 Å². The molecule has 1 nitrogen and oxygen atoms in total. The normalized spacial score (nSPS) is 24.0. The van der Waals surface area contributed by atoms with Gasteiger partial charge in [0.25, 0.3) is 0 Å². The molecule has 0 aromatic carbocycles. The first-order valence-corrected chi connectivity index (χ1v) is 7.80. The van der Waals surface area contributed by atoms with Gasteiger partial charge in [0.05, 0.1) is 0 Å². The van der Waals surface area contributed by atoms with Crippen LogP contribution in [-0.2, 0) is 0 Å². The molecule has 0 amide bonds. The maximum absolute atomic E-state index is 3.67. The first kappa shape index (κ1) is 13.5. The van der Waals surface area contributed by atoms with Crippen molar-refractivity contribution in [3.05, 3.63) is 0 Å². The van der Waals surface area contributed by atoms with Gasteiger partial charge in [0.15, 0.2) is 0 Å². The van der Waals surface area contributed by atoms with E-state index in [2.05, 4.69) is 27.8 Å². The van der Waals surface area contributed by atoms with Crippen LogP contribution in [0.1, 0.15) is 58.3 Å². The molecule has 0 saturated carbocycles. The van der Waals surface area contributed by atoms with E-state index in [0.717, 1.165) is 6.04 Å². The van der Waals surface area contributed by atoms with Gasteiger partial charge in [-0.05, 0) is 32.4 Å². The number of alkyl halides is 1. The van der Waals surface area contributed by atoms with Gasteiger partial charge in [-0.2, -0.15) is 0 Å². The van der Waals surface area contributed by atoms with Crippen LogP contribution in [0.15, 0.2) is 0 Å². The Morgan fingerprint density at radius 3 is 2.73 bits per heavy atom. The second kappa shape index (κ2) is 8.58. The molecule has 0 aliphatic carbocycles. The highest BCUT2D eigenvalue weighted by atomic mass is 79.9. The Balaban J connectivity index is 2.22.